The number of amides is 2. The maximum atomic E-state index is 13.0. The van der Waals surface area contributed by atoms with Gasteiger partial charge < -0.3 is 25.6 Å². The molecule has 1 aromatic heterocycles. The molecular weight excluding hydrogens is 496 g/mol. The van der Waals surface area contributed by atoms with Gasteiger partial charge in [0.2, 0.25) is 15.9 Å². The molecule has 4 N–H and O–H groups in total. The number of carbonyl (C=O) groups is 2. The summed E-state index contributed by atoms with van der Waals surface area (Å²) >= 11 is 0.981. The van der Waals surface area contributed by atoms with Gasteiger partial charge >= 0.3 is 0 Å². The van der Waals surface area contributed by atoms with Crippen LogP contribution in [0.4, 0.5) is 5.13 Å². The summed E-state index contributed by atoms with van der Waals surface area (Å²) in [4.78, 5) is 28.7. The van der Waals surface area contributed by atoms with E-state index in [1.54, 1.807) is 0 Å². The average molecular weight is 529 g/mol. The normalized spacial score (nSPS) is 15.0. The summed E-state index contributed by atoms with van der Waals surface area (Å²) in [6.07, 6.45) is -1.41. The molecule has 0 unspecified atom stereocenters. The summed E-state index contributed by atoms with van der Waals surface area (Å²) in [6, 6.07) is 7.32. The Labute approximate surface area is 209 Å². The molecule has 0 aliphatic heterocycles. The molecule has 11 nitrogen and oxygen atoms in total. The first-order valence-electron chi connectivity index (χ1n) is 10.8. The Morgan fingerprint density at radius 1 is 1.14 bits per heavy atom. The highest BCUT2D eigenvalue weighted by atomic mass is 32.2. The number of nitrogens with zero attached hydrogens (tertiary/aromatic N) is 2. The summed E-state index contributed by atoms with van der Waals surface area (Å²) in [5.41, 5.74) is 0.769. The Balaban J connectivity index is 2.27. The Hall–Kier alpha value is -2.58. The predicted molar refractivity (Wildman–Crippen MR) is 133 cm³/mol. The van der Waals surface area contributed by atoms with Gasteiger partial charge in [-0.05, 0) is 18.4 Å². The van der Waals surface area contributed by atoms with Crippen LogP contribution in [0.25, 0.3) is 0 Å². The summed E-state index contributed by atoms with van der Waals surface area (Å²) < 4.78 is 29.5. The smallest absolute Gasteiger partial charge is 0.271 e. The monoisotopic (exact) mass is 528 g/mol. The molecule has 0 saturated carbocycles. The number of carbonyl (C=O) groups excluding carboxylic acids is 2. The SMILES string of the molecule is COCC[C@@H](NC(C)=O)[C@@H](O)[C@H](O)[C@H](Cc1ccccc1)NC(=O)c1csc(N(C)S(C)(=O)=O)n1. The minimum absolute atomic E-state index is 0.0296. The van der Waals surface area contributed by atoms with E-state index in [2.05, 4.69) is 15.6 Å². The second-order valence-electron chi connectivity index (χ2n) is 8.09. The van der Waals surface area contributed by atoms with Crippen LogP contribution < -0.4 is 14.9 Å². The van der Waals surface area contributed by atoms with Crippen molar-refractivity contribution in [2.75, 3.05) is 31.3 Å². The predicted octanol–water partition coefficient (Wildman–Crippen LogP) is 0.143. The minimum Gasteiger partial charge on any atom is -0.388 e. The van der Waals surface area contributed by atoms with Crippen LogP contribution in [0, 0.1) is 0 Å². The first-order valence-corrected chi connectivity index (χ1v) is 13.5. The van der Waals surface area contributed by atoms with Crippen molar-refractivity contribution in [3.63, 3.8) is 0 Å². The molecule has 0 bridgehead atoms. The van der Waals surface area contributed by atoms with Crippen LogP contribution in [0.3, 0.4) is 0 Å². The van der Waals surface area contributed by atoms with Gasteiger partial charge in [0.05, 0.1) is 18.3 Å². The van der Waals surface area contributed by atoms with Crippen LogP contribution in [0.15, 0.2) is 35.7 Å². The molecule has 0 spiro atoms. The lowest BCUT2D eigenvalue weighted by molar-refractivity contribution is -0.121. The molecule has 4 atom stereocenters. The fourth-order valence-electron chi connectivity index (χ4n) is 3.33. The Kier molecular flexibility index (Phi) is 10.6. The van der Waals surface area contributed by atoms with Crippen LogP contribution in [-0.4, -0.2) is 86.7 Å². The number of hydrogen-bond acceptors (Lipinski definition) is 9. The number of hydrogen-bond donors (Lipinski definition) is 4. The zero-order chi connectivity index (χ0) is 26.2. The second kappa shape index (κ2) is 12.9. The van der Waals surface area contributed by atoms with Gasteiger partial charge in [0.15, 0.2) is 5.13 Å². The zero-order valence-electron chi connectivity index (χ0n) is 20.0. The van der Waals surface area contributed by atoms with E-state index in [9.17, 15) is 28.2 Å². The fourth-order valence-corrected chi connectivity index (χ4v) is 4.87. The minimum atomic E-state index is -3.55. The number of anilines is 1. The van der Waals surface area contributed by atoms with Crippen LogP contribution in [0.1, 0.15) is 29.4 Å². The molecule has 2 aromatic rings. The Morgan fingerprint density at radius 3 is 2.34 bits per heavy atom. The quantitative estimate of drug-likeness (QED) is 0.286. The summed E-state index contributed by atoms with van der Waals surface area (Å²) in [5, 5.41) is 28.8. The van der Waals surface area contributed by atoms with Gasteiger partial charge in [-0.3, -0.25) is 9.59 Å². The van der Waals surface area contributed by atoms with Crippen LogP contribution in [-0.2, 0) is 26.0 Å². The van der Waals surface area contributed by atoms with Crippen molar-refractivity contribution in [2.45, 2.75) is 44.1 Å². The number of aliphatic hydroxyl groups is 2. The van der Waals surface area contributed by atoms with Gasteiger partial charge in [-0.15, -0.1) is 11.3 Å². The van der Waals surface area contributed by atoms with E-state index in [4.69, 9.17) is 4.74 Å². The topological polar surface area (TPSA) is 158 Å². The van der Waals surface area contributed by atoms with Crippen LogP contribution >= 0.6 is 11.3 Å². The Morgan fingerprint density at radius 2 is 1.77 bits per heavy atom. The lowest BCUT2D eigenvalue weighted by atomic mass is 9.92. The van der Waals surface area contributed by atoms with E-state index in [1.165, 1.54) is 26.5 Å². The highest BCUT2D eigenvalue weighted by molar-refractivity contribution is 7.92. The molecule has 2 rings (SSSR count). The van der Waals surface area contributed by atoms with Gasteiger partial charge in [0, 0.05) is 33.1 Å². The molecule has 2 amide bonds. The number of methoxy groups -OCH3 is 1. The van der Waals surface area contributed by atoms with Gasteiger partial charge in [0.25, 0.3) is 5.91 Å². The third-order valence-corrected chi connectivity index (χ3v) is 7.50. The lowest BCUT2D eigenvalue weighted by Gasteiger charge is -2.32. The standard InChI is InChI=1S/C22H32N4O7S2/c1-14(27)23-16(10-11-33-3)19(28)20(29)17(12-15-8-6-5-7-9-15)24-21(30)18-13-34-22(25-18)26(2)35(4,31)32/h5-9,13,16-17,19-20,28-29H,10-12H2,1-4H3,(H,23,27)(H,24,30)/t16-,17+,19-,20-/m1/s1. The second-order valence-corrected chi connectivity index (χ2v) is 10.9. The molecule has 35 heavy (non-hydrogen) atoms. The molecule has 0 radical (unpaired) electrons. The number of aliphatic hydroxyl groups excluding tert-OH is 2. The van der Waals surface area contributed by atoms with Gasteiger partial charge in [-0.2, -0.15) is 0 Å². The number of rotatable bonds is 13. The largest absolute Gasteiger partial charge is 0.388 e. The van der Waals surface area contributed by atoms with Crippen molar-refractivity contribution in [1.82, 2.24) is 15.6 Å². The molecule has 1 aromatic carbocycles. The van der Waals surface area contributed by atoms with E-state index in [0.717, 1.165) is 27.5 Å². The van der Waals surface area contributed by atoms with Crippen LogP contribution in [0.5, 0.6) is 0 Å². The molecule has 0 saturated heterocycles. The van der Waals surface area contributed by atoms with Crippen molar-refractivity contribution in [2.24, 2.45) is 0 Å². The first-order chi connectivity index (χ1) is 16.4. The molecule has 0 aliphatic carbocycles. The molecule has 0 fully saturated rings. The maximum Gasteiger partial charge on any atom is 0.271 e. The van der Waals surface area contributed by atoms with Gasteiger partial charge in [-0.25, -0.2) is 17.7 Å². The van der Waals surface area contributed by atoms with Crippen molar-refractivity contribution < 1.29 is 33.0 Å². The van der Waals surface area contributed by atoms with Crippen molar-refractivity contribution in [3.8, 4) is 0 Å². The number of thiazole rings is 1. The Bertz CT molecular complexity index is 1080. The lowest BCUT2D eigenvalue weighted by Crippen LogP contribution is -2.56. The van der Waals surface area contributed by atoms with E-state index in [1.807, 2.05) is 30.3 Å². The van der Waals surface area contributed by atoms with Crippen LogP contribution in [0.2, 0.25) is 0 Å². The number of nitrogens with one attached hydrogen (secondary N) is 2. The van der Waals surface area contributed by atoms with Gasteiger partial charge in [0.1, 0.15) is 17.9 Å². The van der Waals surface area contributed by atoms with Crippen molar-refractivity contribution in [3.05, 3.63) is 47.0 Å². The summed E-state index contributed by atoms with van der Waals surface area (Å²) in [6.45, 7) is 1.54. The van der Waals surface area contributed by atoms with E-state index in [-0.39, 0.29) is 36.2 Å². The van der Waals surface area contributed by atoms with E-state index >= 15 is 0 Å². The third kappa shape index (κ3) is 8.54. The highest BCUT2D eigenvalue weighted by Crippen LogP contribution is 2.22. The first kappa shape index (κ1) is 28.7. The van der Waals surface area contributed by atoms with E-state index < -0.39 is 40.2 Å². The average Bonchev–Trinajstić information content (AvgIpc) is 3.30. The van der Waals surface area contributed by atoms with Gasteiger partial charge in [-0.1, -0.05) is 30.3 Å². The molecule has 13 heteroatoms. The van der Waals surface area contributed by atoms with Crippen molar-refractivity contribution >= 4 is 38.3 Å². The molecule has 194 valence electrons. The zero-order valence-corrected chi connectivity index (χ0v) is 21.7. The number of benzene rings is 1. The third-order valence-electron chi connectivity index (χ3n) is 5.30. The molecular formula is C22H32N4O7S2. The number of aromatic nitrogens is 1. The molecule has 1 heterocycles. The van der Waals surface area contributed by atoms with E-state index in [0.29, 0.717) is 0 Å². The van der Waals surface area contributed by atoms with Crippen molar-refractivity contribution in [1.29, 1.82) is 0 Å². The summed E-state index contributed by atoms with van der Waals surface area (Å²) in [7, 11) is -0.741. The fraction of sp³-hybridized carbons (Fsp3) is 0.500. The molecule has 0 aliphatic rings. The summed E-state index contributed by atoms with van der Waals surface area (Å²) in [5.74, 6) is -1.03. The number of ether oxygens (including phenoxy) is 1. The highest BCUT2D eigenvalue weighted by Gasteiger charge is 2.34. The maximum absolute atomic E-state index is 13.0. The number of sulfonamides is 1.